The zero-order chi connectivity index (χ0) is 18.7. The van der Waals surface area contributed by atoms with Crippen LogP contribution in [0.5, 0.6) is 0 Å². The molecular formula is C18H16BrN5O2. The van der Waals surface area contributed by atoms with E-state index < -0.39 is 0 Å². The Balaban J connectivity index is 1.80. The van der Waals surface area contributed by atoms with Gasteiger partial charge in [0.15, 0.2) is 5.69 Å². The second kappa shape index (κ2) is 7.49. The zero-order valence-electron chi connectivity index (χ0n) is 14.2. The summed E-state index contributed by atoms with van der Waals surface area (Å²) < 4.78 is 2.51. The third-order valence-electron chi connectivity index (χ3n) is 3.79. The molecule has 3 rings (SSSR count). The smallest absolute Gasteiger partial charge is 0.278 e. The van der Waals surface area contributed by atoms with Crippen molar-refractivity contribution in [2.45, 2.75) is 6.92 Å². The number of amides is 2. The molecule has 7 nitrogen and oxygen atoms in total. The zero-order valence-corrected chi connectivity index (χ0v) is 15.7. The number of carbonyl (C=O) groups excluding carboxylic acids is 2. The fourth-order valence-corrected chi connectivity index (χ4v) is 2.82. The first-order valence-electron chi connectivity index (χ1n) is 7.81. The number of carbonyl (C=O) groups is 2. The molecular weight excluding hydrogens is 398 g/mol. The third-order valence-corrected chi connectivity index (χ3v) is 4.29. The largest absolute Gasteiger partial charge is 0.355 e. The second-order valence-electron chi connectivity index (χ2n) is 5.53. The number of rotatable bonds is 4. The highest BCUT2D eigenvalue weighted by Gasteiger charge is 2.17. The molecule has 0 aliphatic rings. The van der Waals surface area contributed by atoms with Crippen molar-refractivity contribution >= 4 is 33.4 Å². The lowest BCUT2D eigenvalue weighted by Crippen LogP contribution is -2.18. The van der Waals surface area contributed by atoms with E-state index >= 15 is 0 Å². The minimum Gasteiger partial charge on any atom is -0.355 e. The molecule has 0 atom stereocenters. The van der Waals surface area contributed by atoms with Crippen LogP contribution in [0.4, 0.5) is 5.69 Å². The predicted octanol–water partition coefficient (Wildman–Crippen LogP) is 2.95. The summed E-state index contributed by atoms with van der Waals surface area (Å²) in [6.45, 7) is 1.78. The predicted molar refractivity (Wildman–Crippen MR) is 102 cm³/mol. The van der Waals surface area contributed by atoms with Crippen LogP contribution in [0.2, 0.25) is 0 Å². The summed E-state index contributed by atoms with van der Waals surface area (Å²) in [5, 5.41) is 13.4. The van der Waals surface area contributed by atoms with Gasteiger partial charge in [-0.25, -0.2) is 4.68 Å². The molecule has 0 saturated carbocycles. The topological polar surface area (TPSA) is 88.9 Å². The maximum Gasteiger partial charge on any atom is 0.278 e. The average Bonchev–Trinajstić information content (AvgIpc) is 3.03. The van der Waals surface area contributed by atoms with E-state index in [9.17, 15) is 9.59 Å². The van der Waals surface area contributed by atoms with E-state index in [2.05, 4.69) is 36.9 Å². The Morgan fingerprint density at radius 3 is 2.46 bits per heavy atom. The van der Waals surface area contributed by atoms with E-state index in [1.807, 2.05) is 24.3 Å². The number of nitrogens with zero attached hydrogens (tertiary/aromatic N) is 3. The van der Waals surface area contributed by atoms with Crippen LogP contribution in [-0.4, -0.2) is 33.9 Å². The van der Waals surface area contributed by atoms with Gasteiger partial charge in [0.25, 0.3) is 11.8 Å². The molecule has 0 spiro atoms. The van der Waals surface area contributed by atoms with Gasteiger partial charge in [0.05, 0.1) is 11.4 Å². The van der Waals surface area contributed by atoms with Crippen molar-refractivity contribution in [2.75, 3.05) is 12.4 Å². The van der Waals surface area contributed by atoms with Gasteiger partial charge in [-0.15, -0.1) is 5.10 Å². The molecule has 0 saturated heterocycles. The van der Waals surface area contributed by atoms with E-state index in [0.29, 0.717) is 16.9 Å². The molecule has 8 heteroatoms. The molecule has 26 heavy (non-hydrogen) atoms. The molecule has 0 bridgehead atoms. The lowest BCUT2D eigenvalue weighted by molar-refractivity contribution is 0.0962. The lowest BCUT2D eigenvalue weighted by Gasteiger charge is -2.06. The monoisotopic (exact) mass is 413 g/mol. The van der Waals surface area contributed by atoms with Crippen molar-refractivity contribution in [2.24, 2.45) is 0 Å². The number of halogens is 1. The van der Waals surface area contributed by atoms with E-state index in [0.717, 1.165) is 10.2 Å². The second-order valence-corrected chi connectivity index (χ2v) is 6.44. The molecule has 0 aliphatic carbocycles. The van der Waals surface area contributed by atoms with Crippen molar-refractivity contribution in [1.82, 2.24) is 20.3 Å². The first-order valence-corrected chi connectivity index (χ1v) is 8.60. The maximum absolute atomic E-state index is 12.5. The van der Waals surface area contributed by atoms with Gasteiger partial charge in [0.1, 0.15) is 0 Å². The SMILES string of the molecule is CNC(=O)c1ccc(NC(=O)c2nnn(-c3cccc(Br)c3)c2C)cc1. The molecule has 3 aromatic rings. The molecule has 132 valence electrons. The number of nitrogens with one attached hydrogen (secondary N) is 2. The summed E-state index contributed by atoms with van der Waals surface area (Å²) in [6, 6.07) is 14.2. The normalized spacial score (nSPS) is 10.4. The summed E-state index contributed by atoms with van der Waals surface area (Å²) in [7, 11) is 1.56. The van der Waals surface area contributed by atoms with Crippen LogP contribution in [0, 0.1) is 6.92 Å². The first kappa shape index (κ1) is 17.8. The number of anilines is 1. The van der Waals surface area contributed by atoms with E-state index in [-0.39, 0.29) is 17.5 Å². The van der Waals surface area contributed by atoms with Crippen molar-refractivity contribution < 1.29 is 9.59 Å². The van der Waals surface area contributed by atoms with E-state index in [1.54, 1.807) is 42.9 Å². The fourth-order valence-electron chi connectivity index (χ4n) is 2.43. The van der Waals surface area contributed by atoms with Crippen LogP contribution in [0.3, 0.4) is 0 Å². The van der Waals surface area contributed by atoms with Crippen LogP contribution >= 0.6 is 15.9 Å². The summed E-state index contributed by atoms with van der Waals surface area (Å²) in [5.74, 6) is -0.549. The van der Waals surface area contributed by atoms with Crippen molar-refractivity contribution in [1.29, 1.82) is 0 Å². The highest BCUT2D eigenvalue weighted by Crippen LogP contribution is 2.18. The average molecular weight is 414 g/mol. The quantitative estimate of drug-likeness (QED) is 0.687. The summed E-state index contributed by atoms with van der Waals surface area (Å²) in [5.41, 5.74) is 2.75. The molecule has 0 aliphatic heterocycles. The summed E-state index contributed by atoms with van der Waals surface area (Å²) in [4.78, 5) is 24.1. The molecule has 2 aromatic carbocycles. The highest BCUT2D eigenvalue weighted by atomic mass is 79.9. The van der Waals surface area contributed by atoms with E-state index in [1.165, 1.54) is 0 Å². The maximum atomic E-state index is 12.5. The van der Waals surface area contributed by atoms with Crippen LogP contribution in [0.25, 0.3) is 5.69 Å². The van der Waals surface area contributed by atoms with Gasteiger partial charge >= 0.3 is 0 Å². The Hall–Kier alpha value is -3.00. The Labute approximate surface area is 158 Å². The first-order chi connectivity index (χ1) is 12.5. The molecule has 0 fully saturated rings. The third kappa shape index (κ3) is 3.65. The number of aromatic nitrogens is 3. The van der Waals surface area contributed by atoms with Crippen molar-refractivity contribution in [3.63, 3.8) is 0 Å². The summed E-state index contributed by atoms with van der Waals surface area (Å²) >= 11 is 3.42. The molecule has 2 amide bonds. The Morgan fingerprint density at radius 2 is 1.81 bits per heavy atom. The van der Waals surface area contributed by atoms with Crippen LogP contribution in [0.15, 0.2) is 53.0 Å². The van der Waals surface area contributed by atoms with Gasteiger partial charge in [-0.2, -0.15) is 0 Å². The molecule has 1 aromatic heterocycles. The lowest BCUT2D eigenvalue weighted by atomic mass is 10.2. The van der Waals surface area contributed by atoms with Gasteiger partial charge < -0.3 is 10.6 Å². The fraction of sp³-hybridized carbons (Fsp3) is 0.111. The molecule has 0 radical (unpaired) electrons. The molecule has 1 heterocycles. The minimum atomic E-state index is -0.364. The highest BCUT2D eigenvalue weighted by molar-refractivity contribution is 9.10. The molecule has 0 unspecified atom stereocenters. The Kier molecular flexibility index (Phi) is 5.13. The van der Waals surface area contributed by atoms with Gasteiger partial charge in [-0.1, -0.05) is 27.2 Å². The number of hydrogen-bond donors (Lipinski definition) is 2. The molecule has 2 N–H and O–H groups in total. The number of benzene rings is 2. The van der Waals surface area contributed by atoms with Crippen LogP contribution in [0.1, 0.15) is 26.5 Å². The van der Waals surface area contributed by atoms with Gasteiger partial charge in [-0.05, 0) is 49.4 Å². The summed E-state index contributed by atoms with van der Waals surface area (Å²) in [6.07, 6.45) is 0. The number of hydrogen-bond acceptors (Lipinski definition) is 4. The Morgan fingerprint density at radius 1 is 1.08 bits per heavy atom. The van der Waals surface area contributed by atoms with Crippen molar-refractivity contribution in [3.8, 4) is 5.69 Å². The van der Waals surface area contributed by atoms with E-state index in [4.69, 9.17) is 0 Å². The standard InChI is InChI=1S/C18H16BrN5O2/c1-11-16(22-23-24(11)15-5-3-4-13(19)10-15)18(26)21-14-8-6-12(7-9-14)17(25)20-2/h3-10H,1-2H3,(H,20,25)(H,21,26). The Bertz CT molecular complexity index is 966. The van der Waals surface area contributed by atoms with Crippen LogP contribution in [-0.2, 0) is 0 Å². The van der Waals surface area contributed by atoms with Crippen LogP contribution < -0.4 is 10.6 Å². The van der Waals surface area contributed by atoms with Crippen molar-refractivity contribution in [3.05, 3.63) is 70.0 Å². The van der Waals surface area contributed by atoms with Gasteiger partial charge in [0, 0.05) is 22.8 Å². The minimum absolute atomic E-state index is 0.185. The van der Waals surface area contributed by atoms with Gasteiger partial charge in [0.2, 0.25) is 0 Å². The van der Waals surface area contributed by atoms with Gasteiger partial charge in [-0.3, -0.25) is 9.59 Å².